The number of piperazine rings is 1. The second-order valence-electron chi connectivity index (χ2n) is 4.98. The van der Waals surface area contributed by atoms with Gasteiger partial charge in [0.15, 0.2) is 0 Å². The molecule has 0 radical (unpaired) electrons. The molecule has 0 N–H and O–H groups in total. The SMILES string of the molecule is O=C([O-])CN1CCN(C2CCCCC2)CC1.[K+]. The molecule has 2 rings (SSSR count). The molecule has 1 aliphatic carbocycles. The predicted octanol–water partition coefficient (Wildman–Crippen LogP) is -3.31. The van der Waals surface area contributed by atoms with E-state index in [4.69, 9.17) is 0 Å². The Morgan fingerprint density at radius 1 is 1.06 bits per heavy atom. The smallest absolute Gasteiger partial charge is 0.549 e. The molecule has 2 fully saturated rings. The van der Waals surface area contributed by atoms with Gasteiger partial charge < -0.3 is 9.90 Å². The molecule has 0 aromatic carbocycles. The first-order valence-corrected chi connectivity index (χ1v) is 6.42. The zero-order valence-corrected chi connectivity index (χ0v) is 14.0. The quantitative estimate of drug-likeness (QED) is 0.501. The van der Waals surface area contributed by atoms with Gasteiger partial charge in [-0.3, -0.25) is 9.80 Å². The van der Waals surface area contributed by atoms with Crippen molar-refractivity contribution in [2.24, 2.45) is 0 Å². The van der Waals surface area contributed by atoms with E-state index in [0.29, 0.717) is 0 Å². The molecular formula is C12H21KN2O2. The van der Waals surface area contributed by atoms with Crippen LogP contribution in [0.5, 0.6) is 0 Å². The van der Waals surface area contributed by atoms with E-state index in [1.54, 1.807) is 0 Å². The summed E-state index contributed by atoms with van der Waals surface area (Å²) in [5.41, 5.74) is 0. The standard InChI is InChI=1S/C12H22N2O2.K/c15-12(16)10-13-6-8-14(9-7-13)11-4-2-1-3-5-11;/h11H,1-10H2,(H,15,16);/q;+1/p-1. The molecule has 2 aliphatic rings. The van der Waals surface area contributed by atoms with Gasteiger partial charge in [-0.15, -0.1) is 0 Å². The Balaban J connectivity index is 0.00000144. The molecule has 0 aromatic rings. The molecule has 0 spiro atoms. The third-order valence-electron chi connectivity index (χ3n) is 3.85. The van der Waals surface area contributed by atoms with Crippen molar-refractivity contribution in [3.8, 4) is 0 Å². The van der Waals surface area contributed by atoms with Crippen LogP contribution < -0.4 is 56.5 Å². The second kappa shape index (κ2) is 8.25. The van der Waals surface area contributed by atoms with Gasteiger partial charge in [-0.05, 0) is 12.8 Å². The summed E-state index contributed by atoms with van der Waals surface area (Å²) in [6, 6.07) is 0.763. The fourth-order valence-corrected chi connectivity index (χ4v) is 2.92. The Bertz CT molecular complexity index is 237. The van der Waals surface area contributed by atoms with Crippen LogP contribution in [0.4, 0.5) is 0 Å². The monoisotopic (exact) mass is 264 g/mol. The van der Waals surface area contributed by atoms with E-state index in [1.807, 2.05) is 4.90 Å². The van der Waals surface area contributed by atoms with Crippen molar-refractivity contribution < 1.29 is 61.3 Å². The third-order valence-corrected chi connectivity index (χ3v) is 3.85. The van der Waals surface area contributed by atoms with Gasteiger partial charge in [0.25, 0.3) is 0 Å². The normalized spacial score (nSPS) is 24.2. The van der Waals surface area contributed by atoms with Crippen LogP contribution in [0.1, 0.15) is 32.1 Å². The molecule has 92 valence electrons. The number of carboxylic acid groups (broad SMARTS) is 1. The van der Waals surface area contributed by atoms with Crippen LogP contribution in [0.15, 0.2) is 0 Å². The van der Waals surface area contributed by atoms with Crippen LogP contribution in [-0.2, 0) is 4.79 Å². The van der Waals surface area contributed by atoms with E-state index in [2.05, 4.69) is 4.90 Å². The number of nitrogens with zero attached hydrogens (tertiary/aromatic N) is 2. The number of hydrogen-bond donors (Lipinski definition) is 0. The zero-order chi connectivity index (χ0) is 11.4. The van der Waals surface area contributed by atoms with E-state index in [9.17, 15) is 9.90 Å². The summed E-state index contributed by atoms with van der Waals surface area (Å²) in [5.74, 6) is -0.953. The Labute approximate surface area is 146 Å². The van der Waals surface area contributed by atoms with Gasteiger partial charge in [0.05, 0.1) is 5.97 Å². The molecule has 1 heterocycles. The maximum atomic E-state index is 10.5. The van der Waals surface area contributed by atoms with E-state index in [0.717, 1.165) is 32.2 Å². The van der Waals surface area contributed by atoms with Crippen molar-refractivity contribution >= 4 is 5.97 Å². The summed E-state index contributed by atoms with van der Waals surface area (Å²) >= 11 is 0. The van der Waals surface area contributed by atoms with E-state index < -0.39 is 5.97 Å². The number of carboxylic acids is 1. The number of rotatable bonds is 3. The van der Waals surface area contributed by atoms with Crippen LogP contribution in [0.25, 0.3) is 0 Å². The van der Waals surface area contributed by atoms with Gasteiger partial charge in [-0.2, -0.15) is 0 Å². The summed E-state index contributed by atoms with van der Waals surface area (Å²) < 4.78 is 0. The Morgan fingerprint density at radius 2 is 1.65 bits per heavy atom. The summed E-state index contributed by atoms with van der Waals surface area (Å²) in [6.45, 7) is 3.91. The van der Waals surface area contributed by atoms with Gasteiger partial charge in [0.2, 0.25) is 0 Å². The van der Waals surface area contributed by atoms with Crippen LogP contribution in [0.3, 0.4) is 0 Å². The maximum Gasteiger partial charge on any atom is 1.00 e. The molecule has 0 aromatic heterocycles. The van der Waals surface area contributed by atoms with Gasteiger partial charge in [0, 0.05) is 38.8 Å². The average Bonchev–Trinajstić information content (AvgIpc) is 2.30. The molecule has 1 saturated heterocycles. The third kappa shape index (κ3) is 5.26. The van der Waals surface area contributed by atoms with E-state index >= 15 is 0 Å². The minimum Gasteiger partial charge on any atom is -0.549 e. The van der Waals surface area contributed by atoms with Crippen molar-refractivity contribution in [3.63, 3.8) is 0 Å². The molecule has 0 unspecified atom stereocenters. The predicted molar refractivity (Wildman–Crippen MR) is 59.9 cm³/mol. The summed E-state index contributed by atoms with van der Waals surface area (Å²) in [6.07, 6.45) is 6.79. The first kappa shape index (κ1) is 16.1. The topological polar surface area (TPSA) is 46.6 Å². The maximum absolute atomic E-state index is 10.5. The van der Waals surface area contributed by atoms with E-state index in [1.165, 1.54) is 32.1 Å². The molecule has 0 atom stereocenters. The van der Waals surface area contributed by atoms with Crippen molar-refractivity contribution in [2.75, 3.05) is 32.7 Å². The minimum absolute atomic E-state index is 0. The fraction of sp³-hybridized carbons (Fsp3) is 0.917. The first-order valence-electron chi connectivity index (χ1n) is 6.42. The largest absolute Gasteiger partial charge is 1.00 e. The molecule has 0 bridgehead atoms. The van der Waals surface area contributed by atoms with Gasteiger partial charge in [-0.25, -0.2) is 0 Å². The van der Waals surface area contributed by atoms with Crippen molar-refractivity contribution in [3.05, 3.63) is 0 Å². The Morgan fingerprint density at radius 3 is 2.18 bits per heavy atom. The van der Waals surface area contributed by atoms with Crippen LogP contribution in [-0.4, -0.2) is 54.5 Å². The summed E-state index contributed by atoms with van der Waals surface area (Å²) in [7, 11) is 0. The number of carbonyl (C=O) groups is 1. The van der Waals surface area contributed by atoms with Crippen LogP contribution in [0, 0.1) is 0 Å². The van der Waals surface area contributed by atoms with Crippen LogP contribution in [0.2, 0.25) is 0 Å². The minimum atomic E-state index is -0.953. The molecule has 1 aliphatic heterocycles. The van der Waals surface area contributed by atoms with Crippen molar-refractivity contribution in [1.29, 1.82) is 0 Å². The molecule has 1 saturated carbocycles. The Kier molecular flexibility index (Phi) is 7.80. The van der Waals surface area contributed by atoms with Crippen LogP contribution >= 0.6 is 0 Å². The van der Waals surface area contributed by atoms with E-state index in [-0.39, 0.29) is 57.9 Å². The van der Waals surface area contributed by atoms with Gasteiger partial charge >= 0.3 is 51.4 Å². The number of aliphatic carboxylic acids is 1. The second-order valence-corrected chi connectivity index (χ2v) is 4.98. The zero-order valence-electron chi connectivity index (χ0n) is 10.9. The number of hydrogen-bond acceptors (Lipinski definition) is 4. The molecule has 4 nitrogen and oxygen atoms in total. The first-order chi connectivity index (χ1) is 7.75. The fourth-order valence-electron chi connectivity index (χ4n) is 2.92. The molecule has 17 heavy (non-hydrogen) atoms. The molecular weight excluding hydrogens is 243 g/mol. The summed E-state index contributed by atoms with van der Waals surface area (Å²) in [5, 5.41) is 10.5. The molecule has 5 heteroatoms. The van der Waals surface area contributed by atoms with Crippen molar-refractivity contribution in [1.82, 2.24) is 9.80 Å². The van der Waals surface area contributed by atoms with Gasteiger partial charge in [0.1, 0.15) is 0 Å². The molecule has 0 amide bonds. The number of carbonyl (C=O) groups excluding carboxylic acids is 1. The van der Waals surface area contributed by atoms with Crippen molar-refractivity contribution in [2.45, 2.75) is 38.1 Å². The van der Waals surface area contributed by atoms with Gasteiger partial charge in [-0.1, -0.05) is 19.3 Å². The summed E-state index contributed by atoms with van der Waals surface area (Å²) in [4.78, 5) is 15.0. The Hall–Kier alpha value is 1.03. The average molecular weight is 264 g/mol.